The van der Waals surface area contributed by atoms with Gasteiger partial charge in [0.05, 0.1) is 31.3 Å². The lowest BCUT2D eigenvalue weighted by molar-refractivity contribution is -0.149. The number of ether oxygens (including phenoxy) is 3. The van der Waals surface area contributed by atoms with E-state index in [-0.39, 0.29) is 60.0 Å². The average Bonchev–Trinajstić information content (AvgIpc) is 3.39. The third kappa shape index (κ3) is 10.9. The van der Waals surface area contributed by atoms with Crippen LogP contribution in [0.25, 0.3) is 5.57 Å². The lowest BCUT2D eigenvalue weighted by Gasteiger charge is -2.26. The highest BCUT2D eigenvalue weighted by Crippen LogP contribution is 2.39. The van der Waals surface area contributed by atoms with Crippen LogP contribution in [0.4, 0.5) is 13.2 Å². The van der Waals surface area contributed by atoms with Gasteiger partial charge in [-0.15, -0.1) is 0 Å². The normalized spacial score (nSPS) is 20.2. The zero-order chi connectivity index (χ0) is 39.6. The summed E-state index contributed by atoms with van der Waals surface area (Å²) in [6.07, 6.45) is 3.72. The molecule has 3 rings (SSSR count). The van der Waals surface area contributed by atoms with Crippen molar-refractivity contribution in [1.29, 1.82) is 0 Å². The molecule has 2 heterocycles. The van der Waals surface area contributed by atoms with Crippen LogP contribution in [0.1, 0.15) is 69.8 Å². The Bertz CT molecular complexity index is 1870. The number of alkyl halides is 3. The van der Waals surface area contributed by atoms with Gasteiger partial charge in [-0.3, -0.25) is 9.59 Å². The number of hydrogen-bond acceptors (Lipinski definition) is 6. The zero-order valence-electron chi connectivity index (χ0n) is 31.2. The van der Waals surface area contributed by atoms with E-state index in [0.29, 0.717) is 52.2 Å². The number of amidine groups is 1. The van der Waals surface area contributed by atoms with E-state index in [1.54, 1.807) is 39.1 Å². The number of ketones is 1. The Labute approximate surface area is 310 Å². The molecule has 0 saturated carbocycles. The first-order chi connectivity index (χ1) is 24.9. The summed E-state index contributed by atoms with van der Waals surface area (Å²) < 4.78 is 58.4. The molecule has 0 saturated heterocycles. The molecule has 0 unspecified atom stereocenters. The van der Waals surface area contributed by atoms with Crippen molar-refractivity contribution in [2.24, 2.45) is 16.6 Å². The second-order valence-corrected chi connectivity index (χ2v) is 12.9. The minimum Gasteiger partial charge on any atom is -0.493 e. The number of fused-ring (bicyclic) bond motifs is 1. The van der Waals surface area contributed by atoms with E-state index in [2.05, 4.69) is 44.0 Å². The summed E-state index contributed by atoms with van der Waals surface area (Å²) in [6, 6.07) is 4.71. The average molecular weight is 731 g/mol. The van der Waals surface area contributed by atoms with Gasteiger partial charge in [0.2, 0.25) is 0 Å². The highest BCUT2D eigenvalue weighted by Gasteiger charge is 2.33. The quantitative estimate of drug-likeness (QED) is 0.0367. The molecule has 3 atom stereocenters. The summed E-state index contributed by atoms with van der Waals surface area (Å²) in [4.78, 5) is 30.3. The van der Waals surface area contributed by atoms with Crippen molar-refractivity contribution >= 4 is 23.2 Å². The predicted octanol–water partition coefficient (Wildman–Crippen LogP) is 9.84. The monoisotopic (exact) mass is 730 g/mol. The highest BCUT2D eigenvalue weighted by molar-refractivity contribution is 6.12. The molecular weight excluding hydrogens is 681 g/mol. The maximum atomic E-state index is 13.5. The first-order valence-electron chi connectivity index (χ1n) is 17.3. The number of nitrogens with zero attached hydrogens (tertiary/aromatic N) is 1. The Morgan fingerprint density at radius 1 is 1.13 bits per heavy atom. The molecule has 2 aliphatic heterocycles. The van der Waals surface area contributed by atoms with Crippen molar-refractivity contribution in [2.75, 3.05) is 13.2 Å². The van der Waals surface area contributed by atoms with Gasteiger partial charge in [0.15, 0.2) is 5.78 Å². The summed E-state index contributed by atoms with van der Waals surface area (Å²) in [7, 11) is 0. The maximum absolute atomic E-state index is 13.5. The van der Waals surface area contributed by atoms with E-state index < -0.39 is 23.6 Å². The SMILES string of the molecule is C=C(/C=C(\C=C/C)C(F)(F)F)C(=C)C(=O)c1ccc(\C(C(=C)C)=C(CC(=C)C(=C)[C@H]2CC3=C[C@@H](CO2)[C@@H](C)OC(=O)C3)/C(N)=N\C=C/C)c(OCC)c1. The lowest BCUT2D eigenvalue weighted by Crippen LogP contribution is -2.27. The predicted molar refractivity (Wildman–Crippen MR) is 206 cm³/mol. The minimum atomic E-state index is -4.64. The molecule has 2 N–H and O–H groups in total. The van der Waals surface area contributed by atoms with Crippen LogP contribution >= 0.6 is 0 Å². The van der Waals surface area contributed by atoms with Gasteiger partial charge >= 0.3 is 12.1 Å². The molecule has 282 valence electrons. The number of aliphatic imine (C=N–C) groups is 1. The fourth-order valence-electron chi connectivity index (χ4n) is 5.98. The summed E-state index contributed by atoms with van der Waals surface area (Å²) >= 11 is 0. The Hall–Kier alpha value is -5.22. The van der Waals surface area contributed by atoms with Crippen molar-refractivity contribution in [1.82, 2.24) is 0 Å². The Kier molecular flexibility index (Phi) is 14.7. The van der Waals surface area contributed by atoms with E-state index in [0.717, 1.165) is 17.7 Å². The Morgan fingerprint density at radius 3 is 2.43 bits per heavy atom. The smallest absolute Gasteiger partial charge is 0.416 e. The van der Waals surface area contributed by atoms with Crippen LogP contribution in [0.15, 0.2) is 137 Å². The number of hydrogen-bond donors (Lipinski definition) is 1. The number of rotatable bonds is 15. The number of benzene rings is 1. The van der Waals surface area contributed by atoms with Crippen LogP contribution in [-0.4, -0.2) is 49.2 Å². The number of allylic oxidation sites excluding steroid dienone is 9. The number of halogens is 3. The van der Waals surface area contributed by atoms with E-state index in [9.17, 15) is 22.8 Å². The molecule has 53 heavy (non-hydrogen) atoms. The van der Waals surface area contributed by atoms with Gasteiger partial charge in [-0.1, -0.05) is 68.8 Å². The first-order valence-corrected chi connectivity index (χ1v) is 17.3. The minimum absolute atomic E-state index is 0.0780. The summed E-state index contributed by atoms with van der Waals surface area (Å²) in [5.74, 6) is -0.485. The second kappa shape index (κ2) is 18.5. The van der Waals surface area contributed by atoms with Crippen molar-refractivity contribution in [2.45, 2.75) is 72.3 Å². The number of carbonyl (C=O) groups is 2. The molecule has 2 bridgehead atoms. The largest absolute Gasteiger partial charge is 0.493 e. The molecule has 10 heteroatoms. The van der Waals surface area contributed by atoms with Crippen molar-refractivity contribution < 1.29 is 37.0 Å². The van der Waals surface area contributed by atoms with Gasteiger partial charge in [0.25, 0.3) is 0 Å². The second-order valence-electron chi connectivity index (χ2n) is 12.9. The maximum Gasteiger partial charge on any atom is 0.416 e. The number of carbonyl (C=O) groups excluding carboxylic acids is 2. The van der Waals surface area contributed by atoms with Gasteiger partial charge in [0.1, 0.15) is 17.7 Å². The molecule has 1 aromatic carbocycles. The van der Waals surface area contributed by atoms with E-state index in [1.807, 2.05) is 6.92 Å². The summed E-state index contributed by atoms with van der Waals surface area (Å²) in [6.45, 7) is 29.6. The van der Waals surface area contributed by atoms with E-state index in [1.165, 1.54) is 25.1 Å². The number of cyclic esters (lactones) is 1. The van der Waals surface area contributed by atoms with Gasteiger partial charge in [-0.05, 0) is 87.1 Å². The van der Waals surface area contributed by atoms with E-state index in [4.69, 9.17) is 19.9 Å². The standard InChI is InChI=1S/C43H49F3N2O5/c1-11-14-34(43(44,45)46)18-26(6)29(9)41(50)32-15-16-35(38(23-32)51-13-3)40(25(4)5)36(42(47)48-17-12-2)19-27(7)28(8)37-21-31-20-33(24-52-37)30(10)53-39(49)22-31/h11-12,14-18,20,23,30,33,37H,4,6-9,13,19,21-22,24H2,1-3,5,10H3,(H2,47,48)/b14-11-,17-12-,34-18+,40-36-/t30-,33+,37-/m1/s1. The van der Waals surface area contributed by atoms with Crippen molar-refractivity contribution in [3.8, 4) is 5.75 Å². The molecule has 2 aliphatic rings. The summed E-state index contributed by atoms with van der Waals surface area (Å²) in [5, 5.41) is 0. The van der Waals surface area contributed by atoms with Crippen LogP contribution in [0, 0.1) is 5.92 Å². The van der Waals surface area contributed by atoms with Crippen LogP contribution < -0.4 is 10.5 Å². The molecule has 0 amide bonds. The summed E-state index contributed by atoms with van der Waals surface area (Å²) in [5.41, 5.74) is 9.92. The van der Waals surface area contributed by atoms with Gasteiger partial charge in [-0.25, -0.2) is 4.99 Å². The number of esters is 1. The van der Waals surface area contributed by atoms with Crippen LogP contribution in [0.2, 0.25) is 0 Å². The van der Waals surface area contributed by atoms with Crippen LogP contribution in [0.3, 0.4) is 0 Å². The van der Waals surface area contributed by atoms with Gasteiger partial charge in [-0.2, -0.15) is 13.2 Å². The van der Waals surface area contributed by atoms with Crippen molar-refractivity contribution in [3.05, 3.63) is 143 Å². The zero-order valence-corrected chi connectivity index (χ0v) is 31.2. The molecule has 7 nitrogen and oxygen atoms in total. The number of nitrogens with two attached hydrogens (primary N) is 1. The Morgan fingerprint density at radius 2 is 1.83 bits per heavy atom. The molecule has 0 aliphatic carbocycles. The van der Waals surface area contributed by atoms with Crippen LogP contribution in [-0.2, 0) is 14.3 Å². The molecular formula is C43H49F3N2O5. The molecule has 0 aromatic heterocycles. The lowest BCUT2D eigenvalue weighted by atomic mass is 9.86. The topological polar surface area (TPSA) is 100 Å². The fourth-order valence-corrected chi connectivity index (χ4v) is 5.98. The molecule has 0 fully saturated rings. The third-order valence-corrected chi connectivity index (χ3v) is 8.79. The molecule has 0 spiro atoms. The van der Waals surface area contributed by atoms with Gasteiger partial charge < -0.3 is 19.9 Å². The molecule has 0 radical (unpaired) electrons. The highest BCUT2D eigenvalue weighted by atomic mass is 19.4. The van der Waals surface area contributed by atoms with Crippen molar-refractivity contribution in [3.63, 3.8) is 0 Å². The fraction of sp³-hybridized carbons (Fsp3) is 0.326. The Balaban J connectivity index is 2.07. The third-order valence-electron chi connectivity index (χ3n) is 8.79. The van der Waals surface area contributed by atoms with E-state index >= 15 is 0 Å². The number of Topliss-reactive ketones (excluding diaryl/α,β-unsaturated/α-hetero) is 1. The van der Waals surface area contributed by atoms with Gasteiger partial charge in [0, 0.05) is 40.8 Å². The first kappa shape index (κ1) is 42.2. The molecule has 1 aromatic rings. The van der Waals surface area contributed by atoms with Crippen LogP contribution in [0.5, 0.6) is 5.75 Å².